The molecule has 0 spiro atoms. The summed E-state index contributed by atoms with van der Waals surface area (Å²) in [6.07, 6.45) is -3.91. The van der Waals surface area contributed by atoms with Crippen molar-refractivity contribution in [3.8, 4) is 5.75 Å². The summed E-state index contributed by atoms with van der Waals surface area (Å²) in [5.74, 6) is -0.583. The first-order chi connectivity index (χ1) is 6.31. The second-order valence-corrected chi connectivity index (χ2v) is 2.58. The fourth-order valence-electron chi connectivity index (χ4n) is 0.828. The number of rotatable bonds is 1. The molecule has 0 aliphatic rings. The summed E-state index contributed by atoms with van der Waals surface area (Å²) in [7, 11) is 0. The lowest BCUT2D eigenvalue weighted by atomic mass is 10.2. The highest BCUT2D eigenvalue weighted by molar-refractivity contribution is 5.71. The standard InChI is InChI=1S/C7H8F3N3O/c1-3-5(11)6(12)4(2-13-3)14-7(8,9)10/h2H,11H2,1H3,(H2,12,13). The Morgan fingerprint density at radius 2 is 1.86 bits per heavy atom. The van der Waals surface area contributed by atoms with Gasteiger partial charge in [-0.3, -0.25) is 4.98 Å². The Labute approximate surface area is 77.7 Å². The van der Waals surface area contributed by atoms with Gasteiger partial charge in [0.15, 0.2) is 5.75 Å². The van der Waals surface area contributed by atoms with Crippen LogP contribution in [-0.2, 0) is 0 Å². The maximum Gasteiger partial charge on any atom is 0.573 e. The molecule has 0 saturated carbocycles. The molecule has 1 aromatic heterocycles. The van der Waals surface area contributed by atoms with E-state index in [1.807, 2.05) is 0 Å². The molecule has 1 rings (SSSR count). The zero-order valence-electron chi connectivity index (χ0n) is 7.22. The number of pyridine rings is 1. The van der Waals surface area contributed by atoms with Gasteiger partial charge in [0, 0.05) is 0 Å². The third-order valence-corrected chi connectivity index (χ3v) is 1.55. The molecule has 78 valence electrons. The van der Waals surface area contributed by atoms with Crippen LogP contribution in [-0.4, -0.2) is 11.3 Å². The molecule has 0 unspecified atom stereocenters. The second-order valence-electron chi connectivity index (χ2n) is 2.58. The largest absolute Gasteiger partial charge is 0.573 e. The summed E-state index contributed by atoms with van der Waals surface area (Å²) in [6.45, 7) is 1.53. The molecule has 1 aromatic rings. The van der Waals surface area contributed by atoms with Crippen molar-refractivity contribution < 1.29 is 17.9 Å². The number of hydrogen-bond donors (Lipinski definition) is 2. The third-order valence-electron chi connectivity index (χ3n) is 1.55. The van der Waals surface area contributed by atoms with Gasteiger partial charge in [-0.25, -0.2) is 0 Å². The van der Waals surface area contributed by atoms with Gasteiger partial charge in [0.25, 0.3) is 0 Å². The fourth-order valence-corrected chi connectivity index (χ4v) is 0.828. The van der Waals surface area contributed by atoms with Crippen LogP contribution in [0, 0.1) is 6.92 Å². The molecule has 0 aliphatic heterocycles. The number of aromatic nitrogens is 1. The molecule has 0 radical (unpaired) electrons. The van der Waals surface area contributed by atoms with Crippen LogP contribution in [0.5, 0.6) is 5.75 Å². The van der Waals surface area contributed by atoms with E-state index in [1.54, 1.807) is 0 Å². The van der Waals surface area contributed by atoms with E-state index in [9.17, 15) is 13.2 Å². The van der Waals surface area contributed by atoms with E-state index in [1.165, 1.54) is 6.92 Å². The molecular weight excluding hydrogens is 199 g/mol. The van der Waals surface area contributed by atoms with Crippen molar-refractivity contribution in [1.29, 1.82) is 0 Å². The smallest absolute Gasteiger partial charge is 0.402 e. The van der Waals surface area contributed by atoms with Gasteiger partial charge in [-0.15, -0.1) is 13.2 Å². The van der Waals surface area contributed by atoms with Crippen LogP contribution >= 0.6 is 0 Å². The molecule has 0 bridgehead atoms. The quantitative estimate of drug-likeness (QED) is 0.730. The Kier molecular flexibility index (Phi) is 2.41. The number of nitrogens with two attached hydrogens (primary N) is 2. The van der Waals surface area contributed by atoms with Crippen molar-refractivity contribution in [1.82, 2.24) is 4.98 Å². The van der Waals surface area contributed by atoms with Gasteiger partial charge in [0.05, 0.1) is 17.6 Å². The molecule has 0 amide bonds. The average Bonchev–Trinajstić information content (AvgIpc) is 2.04. The summed E-state index contributed by atoms with van der Waals surface area (Å²) < 4.78 is 39.0. The monoisotopic (exact) mass is 207 g/mol. The highest BCUT2D eigenvalue weighted by Crippen LogP contribution is 2.32. The van der Waals surface area contributed by atoms with Gasteiger partial charge in [-0.2, -0.15) is 0 Å². The molecule has 0 atom stereocenters. The van der Waals surface area contributed by atoms with E-state index in [0.29, 0.717) is 5.69 Å². The lowest BCUT2D eigenvalue weighted by Gasteiger charge is -2.12. The van der Waals surface area contributed by atoms with Crippen molar-refractivity contribution in [3.63, 3.8) is 0 Å². The van der Waals surface area contributed by atoms with E-state index in [4.69, 9.17) is 11.5 Å². The minimum Gasteiger partial charge on any atom is -0.402 e. The molecule has 4 nitrogen and oxygen atoms in total. The molecule has 7 heteroatoms. The number of alkyl halides is 3. The summed E-state index contributed by atoms with van der Waals surface area (Å²) in [5.41, 5.74) is 10.8. The van der Waals surface area contributed by atoms with Crippen LogP contribution in [0.25, 0.3) is 0 Å². The number of hydrogen-bond acceptors (Lipinski definition) is 4. The van der Waals surface area contributed by atoms with Crippen LogP contribution in [0.2, 0.25) is 0 Å². The van der Waals surface area contributed by atoms with Crippen LogP contribution in [0.15, 0.2) is 6.20 Å². The van der Waals surface area contributed by atoms with Gasteiger partial charge in [0.2, 0.25) is 0 Å². The van der Waals surface area contributed by atoms with Gasteiger partial charge in [-0.1, -0.05) is 0 Å². The second kappa shape index (κ2) is 3.24. The lowest BCUT2D eigenvalue weighted by molar-refractivity contribution is -0.274. The van der Waals surface area contributed by atoms with Crippen LogP contribution in [0.4, 0.5) is 24.5 Å². The number of halogens is 3. The number of ether oxygens (including phenoxy) is 1. The predicted molar refractivity (Wildman–Crippen MR) is 44.5 cm³/mol. The Morgan fingerprint density at radius 1 is 1.29 bits per heavy atom. The first-order valence-electron chi connectivity index (χ1n) is 3.57. The van der Waals surface area contributed by atoms with Crippen molar-refractivity contribution in [2.45, 2.75) is 13.3 Å². The molecular formula is C7H8F3N3O. The topological polar surface area (TPSA) is 74.2 Å². The van der Waals surface area contributed by atoms with Crippen molar-refractivity contribution in [3.05, 3.63) is 11.9 Å². The summed E-state index contributed by atoms with van der Waals surface area (Å²) >= 11 is 0. The van der Waals surface area contributed by atoms with Gasteiger partial charge in [-0.05, 0) is 6.92 Å². The van der Waals surface area contributed by atoms with Crippen molar-refractivity contribution in [2.24, 2.45) is 0 Å². The lowest BCUT2D eigenvalue weighted by Crippen LogP contribution is -2.18. The van der Waals surface area contributed by atoms with Gasteiger partial charge >= 0.3 is 6.36 Å². The van der Waals surface area contributed by atoms with Crippen molar-refractivity contribution in [2.75, 3.05) is 11.5 Å². The average molecular weight is 207 g/mol. The van der Waals surface area contributed by atoms with E-state index in [0.717, 1.165) is 6.20 Å². The van der Waals surface area contributed by atoms with Gasteiger partial charge < -0.3 is 16.2 Å². The normalized spacial score (nSPS) is 11.4. The third kappa shape index (κ3) is 2.18. The minimum absolute atomic E-state index is 0.00764. The number of aryl methyl sites for hydroxylation is 1. The fraction of sp³-hybridized carbons (Fsp3) is 0.286. The summed E-state index contributed by atoms with van der Waals surface area (Å²) in [5, 5.41) is 0. The molecule has 4 N–H and O–H groups in total. The van der Waals surface area contributed by atoms with E-state index in [-0.39, 0.29) is 11.4 Å². The van der Waals surface area contributed by atoms with Crippen LogP contribution < -0.4 is 16.2 Å². The van der Waals surface area contributed by atoms with Crippen LogP contribution in [0.3, 0.4) is 0 Å². The molecule has 14 heavy (non-hydrogen) atoms. The molecule has 0 fully saturated rings. The van der Waals surface area contributed by atoms with E-state index in [2.05, 4.69) is 9.72 Å². The highest BCUT2D eigenvalue weighted by atomic mass is 19.4. The summed E-state index contributed by atoms with van der Waals surface area (Å²) in [4.78, 5) is 3.59. The predicted octanol–water partition coefficient (Wildman–Crippen LogP) is 1.45. The van der Waals surface area contributed by atoms with Crippen LogP contribution in [0.1, 0.15) is 5.69 Å². The summed E-state index contributed by atoms with van der Waals surface area (Å²) in [6, 6.07) is 0. The zero-order chi connectivity index (χ0) is 10.9. The zero-order valence-corrected chi connectivity index (χ0v) is 7.22. The first-order valence-corrected chi connectivity index (χ1v) is 3.57. The van der Waals surface area contributed by atoms with Gasteiger partial charge in [0.1, 0.15) is 5.69 Å². The maximum absolute atomic E-state index is 11.8. The molecule has 0 aromatic carbocycles. The Hall–Kier alpha value is -1.66. The Bertz CT molecular complexity index is 351. The maximum atomic E-state index is 11.8. The SMILES string of the molecule is Cc1ncc(OC(F)(F)F)c(N)c1N. The highest BCUT2D eigenvalue weighted by Gasteiger charge is 2.32. The molecule has 0 saturated heterocycles. The first kappa shape index (κ1) is 10.4. The molecule has 0 aliphatic carbocycles. The van der Waals surface area contributed by atoms with E-state index >= 15 is 0 Å². The Balaban J connectivity index is 3.06. The Morgan fingerprint density at radius 3 is 2.36 bits per heavy atom. The number of nitrogens with zero attached hydrogens (tertiary/aromatic N) is 1. The number of anilines is 2. The molecule has 1 heterocycles. The number of nitrogen functional groups attached to an aromatic ring is 2. The van der Waals surface area contributed by atoms with Crippen molar-refractivity contribution >= 4 is 11.4 Å². The van der Waals surface area contributed by atoms with E-state index < -0.39 is 12.1 Å². The minimum atomic E-state index is -4.79.